The van der Waals surface area contributed by atoms with Gasteiger partial charge in [-0.2, -0.15) is 0 Å². The van der Waals surface area contributed by atoms with Gasteiger partial charge in [0.25, 0.3) is 5.91 Å². The van der Waals surface area contributed by atoms with Gasteiger partial charge in [0.05, 0.1) is 12.1 Å². The summed E-state index contributed by atoms with van der Waals surface area (Å²) >= 11 is 0. The van der Waals surface area contributed by atoms with Crippen LogP contribution in [-0.4, -0.2) is 23.7 Å². The fourth-order valence-electron chi connectivity index (χ4n) is 2.42. The summed E-state index contributed by atoms with van der Waals surface area (Å²) in [5.74, 6) is -0.275. The van der Waals surface area contributed by atoms with Crippen LogP contribution in [0.4, 0.5) is 11.4 Å². The van der Waals surface area contributed by atoms with Crippen LogP contribution >= 0.6 is 0 Å². The molecule has 0 fully saturated rings. The van der Waals surface area contributed by atoms with Gasteiger partial charge < -0.3 is 15.4 Å². The number of rotatable bonds is 4. The van der Waals surface area contributed by atoms with Gasteiger partial charge in [-0.25, -0.2) is 0 Å². The minimum atomic E-state index is -0.893. The second-order valence-electron chi connectivity index (χ2n) is 5.48. The molecule has 6 heteroatoms. The zero-order valence-electron chi connectivity index (χ0n) is 13.0. The zero-order valence-corrected chi connectivity index (χ0v) is 13.0. The summed E-state index contributed by atoms with van der Waals surface area (Å²) in [6.07, 6.45) is -1.01. The van der Waals surface area contributed by atoms with E-state index in [-0.39, 0.29) is 24.0 Å². The number of hydrogen-bond acceptors (Lipinski definition) is 4. The lowest BCUT2D eigenvalue weighted by molar-refractivity contribution is -0.128. The minimum absolute atomic E-state index is 0.0855. The summed E-state index contributed by atoms with van der Waals surface area (Å²) in [6, 6.07) is 13.7. The third-order valence-electron chi connectivity index (χ3n) is 3.63. The summed E-state index contributed by atoms with van der Waals surface area (Å²) in [6.45, 7) is 1.46. The van der Waals surface area contributed by atoms with E-state index in [4.69, 9.17) is 4.74 Å². The molecule has 0 saturated heterocycles. The second-order valence-corrected chi connectivity index (χ2v) is 5.48. The number of fused-ring (bicyclic) bond motifs is 1. The number of benzene rings is 2. The van der Waals surface area contributed by atoms with Crippen LogP contribution < -0.4 is 15.4 Å². The Morgan fingerprint density at radius 1 is 1.17 bits per heavy atom. The molecule has 1 aliphatic heterocycles. The number of carbonyl (C=O) groups excluding carboxylic acids is 3. The molecule has 6 nitrogen and oxygen atoms in total. The third-order valence-corrected chi connectivity index (χ3v) is 3.63. The Morgan fingerprint density at radius 3 is 2.75 bits per heavy atom. The highest BCUT2D eigenvalue weighted by Gasteiger charge is 2.29. The number of amides is 2. The largest absolute Gasteiger partial charge is 0.478 e. The highest BCUT2D eigenvalue weighted by atomic mass is 16.5. The third kappa shape index (κ3) is 3.43. The molecule has 3 rings (SSSR count). The molecule has 2 amide bonds. The van der Waals surface area contributed by atoms with Crippen molar-refractivity contribution in [1.29, 1.82) is 0 Å². The van der Waals surface area contributed by atoms with E-state index in [0.29, 0.717) is 22.7 Å². The summed E-state index contributed by atoms with van der Waals surface area (Å²) in [4.78, 5) is 35.6. The average molecular weight is 324 g/mol. The van der Waals surface area contributed by atoms with Crippen molar-refractivity contribution in [3.05, 3.63) is 54.1 Å². The minimum Gasteiger partial charge on any atom is -0.478 e. The summed E-state index contributed by atoms with van der Waals surface area (Å²) in [5, 5.41) is 5.39. The predicted octanol–water partition coefficient (Wildman–Crippen LogP) is 2.62. The number of anilines is 2. The molecule has 0 aliphatic carbocycles. The fourth-order valence-corrected chi connectivity index (χ4v) is 2.42. The molecule has 0 bridgehead atoms. The molecule has 0 saturated carbocycles. The molecule has 0 aromatic heterocycles. The standard InChI is InChI=1S/C18H16N2O4/c1-11(21)12-5-4-6-13(9-12)19-17(22)10-16-18(23)20-14-7-2-3-8-15(14)24-16/h2-9,16H,10H2,1H3,(H,19,22)(H,20,23). The Bertz CT molecular complexity index is 816. The van der Waals surface area contributed by atoms with Crippen molar-refractivity contribution in [3.8, 4) is 5.75 Å². The molecule has 1 heterocycles. The number of ether oxygens (including phenoxy) is 1. The van der Waals surface area contributed by atoms with E-state index in [9.17, 15) is 14.4 Å². The van der Waals surface area contributed by atoms with Crippen molar-refractivity contribution >= 4 is 29.0 Å². The van der Waals surface area contributed by atoms with Gasteiger partial charge in [0, 0.05) is 11.3 Å². The predicted molar refractivity (Wildman–Crippen MR) is 89.2 cm³/mol. The van der Waals surface area contributed by atoms with Crippen LogP contribution in [0.25, 0.3) is 0 Å². The van der Waals surface area contributed by atoms with Gasteiger partial charge in [-0.05, 0) is 31.2 Å². The highest BCUT2D eigenvalue weighted by molar-refractivity contribution is 6.02. The molecule has 24 heavy (non-hydrogen) atoms. The molecule has 2 aromatic carbocycles. The lowest BCUT2D eigenvalue weighted by atomic mass is 10.1. The van der Waals surface area contributed by atoms with E-state index in [0.717, 1.165) is 0 Å². The van der Waals surface area contributed by atoms with Crippen molar-refractivity contribution < 1.29 is 19.1 Å². The first-order valence-corrected chi connectivity index (χ1v) is 7.50. The molecule has 0 radical (unpaired) electrons. The first kappa shape index (κ1) is 15.7. The van der Waals surface area contributed by atoms with E-state index in [2.05, 4.69) is 10.6 Å². The van der Waals surface area contributed by atoms with E-state index in [1.807, 2.05) is 0 Å². The molecular weight excluding hydrogens is 308 g/mol. The van der Waals surface area contributed by atoms with E-state index in [1.54, 1.807) is 48.5 Å². The monoisotopic (exact) mass is 324 g/mol. The molecule has 1 atom stereocenters. The average Bonchev–Trinajstić information content (AvgIpc) is 2.55. The van der Waals surface area contributed by atoms with Crippen LogP contribution in [-0.2, 0) is 9.59 Å². The SMILES string of the molecule is CC(=O)c1cccc(NC(=O)CC2Oc3ccccc3NC2=O)c1. The molecular formula is C18H16N2O4. The van der Waals surface area contributed by atoms with Crippen molar-refractivity contribution in [3.63, 3.8) is 0 Å². The Morgan fingerprint density at radius 2 is 1.96 bits per heavy atom. The quantitative estimate of drug-likeness (QED) is 0.847. The van der Waals surface area contributed by atoms with Gasteiger partial charge in [0.1, 0.15) is 5.75 Å². The normalized spacial score (nSPS) is 15.7. The molecule has 2 aromatic rings. The molecule has 0 spiro atoms. The van der Waals surface area contributed by atoms with Gasteiger partial charge in [0.15, 0.2) is 11.9 Å². The van der Waals surface area contributed by atoms with Crippen LogP contribution in [0.3, 0.4) is 0 Å². The summed E-state index contributed by atoms with van der Waals surface area (Å²) in [5.41, 5.74) is 1.60. The lowest BCUT2D eigenvalue weighted by Gasteiger charge is -2.25. The Hall–Kier alpha value is -3.15. The second kappa shape index (κ2) is 6.54. The topological polar surface area (TPSA) is 84.5 Å². The summed E-state index contributed by atoms with van der Waals surface area (Å²) in [7, 11) is 0. The van der Waals surface area contributed by atoms with Gasteiger partial charge in [-0.3, -0.25) is 14.4 Å². The Labute approximate surface area is 138 Å². The molecule has 2 N–H and O–H groups in total. The number of para-hydroxylation sites is 2. The van der Waals surface area contributed by atoms with Crippen LogP contribution in [0.1, 0.15) is 23.7 Å². The van der Waals surface area contributed by atoms with Crippen molar-refractivity contribution in [1.82, 2.24) is 0 Å². The number of nitrogens with one attached hydrogen (secondary N) is 2. The first-order chi connectivity index (χ1) is 11.5. The molecule has 1 aliphatic rings. The number of ketones is 1. The lowest BCUT2D eigenvalue weighted by Crippen LogP contribution is -2.39. The molecule has 1 unspecified atom stereocenters. The maximum Gasteiger partial charge on any atom is 0.266 e. The molecule has 122 valence electrons. The highest BCUT2D eigenvalue weighted by Crippen LogP contribution is 2.29. The van der Waals surface area contributed by atoms with Crippen molar-refractivity contribution in [2.75, 3.05) is 10.6 Å². The number of Topliss-reactive ketones (excluding diaryl/α,β-unsaturated/α-hetero) is 1. The first-order valence-electron chi connectivity index (χ1n) is 7.50. The van der Waals surface area contributed by atoms with Crippen LogP contribution in [0.5, 0.6) is 5.75 Å². The van der Waals surface area contributed by atoms with Crippen molar-refractivity contribution in [2.24, 2.45) is 0 Å². The van der Waals surface area contributed by atoms with Crippen molar-refractivity contribution in [2.45, 2.75) is 19.4 Å². The Kier molecular flexibility index (Phi) is 4.29. The van der Waals surface area contributed by atoms with E-state index >= 15 is 0 Å². The fraction of sp³-hybridized carbons (Fsp3) is 0.167. The van der Waals surface area contributed by atoms with E-state index in [1.165, 1.54) is 6.92 Å². The van der Waals surface area contributed by atoms with Gasteiger partial charge in [-0.1, -0.05) is 24.3 Å². The maximum absolute atomic E-state index is 12.2. The van der Waals surface area contributed by atoms with Crippen LogP contribution in [0.15, 0.2) is 48.5 Å². The van der Waals surface area contributed by atoms with E-state index < -0.39 is 6.10 Å². The summed E-state index contributed by atoms with van der Waals surface area (Å²) < 4.78 is 5.59. The van der Waals surface area contributed by atoms with Crippen LogP contribution in [0.2, 0.25) is 0 Å². The maximum atomic E-state index is 12.2. The van der Waals surface area contributed by atoms with Crippen LogP contribution in [0, 0.1) is 0 Å². The van der Waals surface area contributed by atoms with Gasteiger partial charge >= 0.3 is 0 Å². The zero-order chi connectivity index (χ0) is 17.1. The smallest absolute Gasteiger partial charge is 0.266 e. The Balaban J connectivity index is 1.66. The number of carbonyl (C=O) groups is 3. The number of hydrogen-bond donors (Lipinski definition) is 2. The van der Waals surface area contributed by atoms with Gasteiger partial charge in [-0.15, -0.1) is 0 Å². The van der Waals surface area contributed by atoms with Gasteiger partial charge in [0.2, 0.25) is 5.91 Å².